The van der Waals surface area contributed by atoms with Gasteiger partial charge in [0.05, 0.1) is 0 Å². The van der Waals surface area contributed by atoms with E-state index >= 15 is 0 Å². The van der Waals surface area contributed by atoms with Crippen molar-refractivity contribution in [2.45, 2.75) is 0 Å². The average molecular weight is 554 g/mol. The minimum absolute atomic E-state index is 1.08. The third-order valence-corrected chi connectivity index (χ3v) is 9.20. The number of thiophene rings is 1. The SMILES string of the molecule is c1ccc(-c2ccc(-c3cc(Nc4cccc(-c5ccccc5)c4)cc4c3sc3cc5ccccc5cc34)cc2)cc1. The number of nitrogens with one attached hydrogen (secondary N) is 1. The molecule has 0 spiro atoms. The van der Waals surface area contributed by atoms with Crippen molar-refractivity contribution in [3.8, 4) is 33.4 Å². The molecule has 1 heterocycles. The smallest absolute Gasteiger partial charge is 0.0435 e. The maximum absolute atomic E-state index is 3.75. The van der Waals surface area contributed by atoms with E-state index in [1.54, 1.807) is 0 Å². The fourth-order valence-corrected chi connectivity index (χ4v) is 7.15. The van der Waals surface area contributed by atoms with Crippen molar-refractivity contribution in [1.29, 1.82) is 0 Å². The highest BCUT2D eigenvalue weighted by atomic mass is 32.1. The van der Waals surface area contributed by atoms with E-state index in [2.05, 4.69) is 163 Å². The van der Waals surface area contributed by atoms with E-state index in [9.17, 15) is 0 Å². The van der Waals surface area contributed by atoms with Gasteiger partial charge in [-0.2, -0.15) is 0 Å². The molecule has 0 amide bonds. The van der Waals surface area contributed by atoms with Crippen LogP contribution in [0.3, 0.4) is 0 Å². The van der Waals surface area contributed by atoms with Gasteiger partial charge in [-0.15, -0.1) is 11.3 Å². The zero-order chi connectivity index (χ0) is 27.9. The first-order valence-corrected chi connectivity index (χ1v) is 15.1. The van der Waals surface area contributed by atoms with Crippen LogP contribution < -0.4 is 5.32 Å². The molecule has 1 aromatic heterocycles. The normalized spacial score (nSPS) is 11.3. The maximum atomic E-state index is 3.75. The van der Waals surface area contributed by atoms with E-state index in [-0.39, 0.29) is 0 Å². The summed E-state index contributed by atoms with van der Waals surface area (Å²) in [5.41, 5.74) is 9.50. The van der Waals surface area contributed by atoms with Crippen molar-refractivity contribution >= 4 is 53.7 Å². The molecule has 42 heavy (non-hydrogen) atoms. The van der Waals surface area contributed by atoms with Crippen molar-refractivity contribution in [1.82, 2.24) is 0 Å². The lowest BCUT2D eigenvalue weighted by molar-refractivity contribution is 1.55. The van der Waals surface area contributed by atoms with Gasteiger partial charge in [0.15, 0.2) is 0 Å². The molecule has 0 saturated heterocycles. The topological polar surface area (TPSA) is 12.0 Å². The monoisotopic (exact) mass is 553 g/mol. The third-order valence-electron chi connectivity index (χ3n) is 8.00. The molecule has 1 nitrogen and oxygen atoms in total. The predicted octanol–water partition coefficient (Wildman–Crippen LogP) is 12.0. The van der Waals surface area contributed by atoms with Crippen LogP contribution in [0.1, 0.15) is 0 Å². The van der Waals surface area contributed by atoms with Gasteiger partial charge in [0, 0.05) is 37.1 Å². The van der Waals surface area contributed by atoms with Gasteiger partial charge < -0.3 is 5.32 Å². The Labute approximate surface area is 249 Å². The van der Waals surface area contributed by atoms with Crippen LogP contribution in [-0.2, 0) is 0 Å². The van der Waals surface area contributed by atoms with E-state index < -0.39 is 0 Å². The summed E-state index contributed by atoms with van der Waals surface area (Å²) in [5, 5.41) is 8.89. The summed E-state index contributed by atoms with van der Waals surface area (Å²) < 4.78 is 2.63. The molecule has 0 radical (unpaired) electrons. The molecule has 1 N–H and O–H groups in total. The lowest BCUT2D eigenvalue weighted by Gasteiger charge is -2.13. The number of hydrogen-bond donors (Lipinski definition) is 1. The Kier molecular flexibility index (Phi) is 6.05. The van der Waals surface area contributed by atoms with Crippen molar-refractivity contribution in [3.05, 3.63) is 158 Å². The van der Waals surface area contributed by atoms with E-state index in [1.807, 2.05) is 11.3 Å². The van der Waals surface area contributed by atoms with Gasteiger partial charge in [0.25, 0.3) is 0 Å². The lowest BCUT2D eigenvalue weighted by atomic mass is 9.98. The first-order valence-electron chi connectivity index (χ1n) is 14.3. The fraction of sp³-hybridized carbons (Fsp3) is 0. The zero-order valence-electron chi connectivity index (χ0n) is 22.9. The third kappa shape index (κ3) is 4.52. The number of anilines is 2. The summed E-state index contributed by atoms with van der Waals surface area (Å²) >= 11 is 1.89. The van der Waals surface area contributed by atoms with Crippen molar-refractivity contribution in [2.75, 3.05) is 5.32 Å². The molecule has 198 valence electrons. The molecule has 8 rings (SSSR count). The molecule has 0 aliphatic heterocycles. The van der Waals surface area contributed by atoms with Crippen LogP contribution in [0.25, 0.3) is 64.3 Å². The quantitative estimate of drug-likeness (QED) is 0.223. The molecular weight excluding hydrogens is 527 g/mol. The van der Waals surface area contributed by atoms with Crippen molar-refractivity contribution < 1.29 is 0 Å². The number of rotatable bonds is 5. The van der Waals surface area contributed by atoms with Gasteiger partial charge in [-0.3, -0.25) is 0 Å². The zero-order valence-corrected chi connectivity index (χ0v) is 23.7. The summed E-state index contributed by atoms with van der Waals surface area (Å²) in [6, 6.07) is 56.8. The summed E-state index contributed by atoms with van der Waals surface area (Å²) in [6.07, 6.45) is 0. The Morgan fingerprint density at radius 2 is 0.976 bits per heavy atom. The molecule has 0 aliphatic carbocycles. The molecule has 0 saturated carbocycles. The van der Waals surface area contributed by atoms with E-state index in [0.29, 0.717) is 0 Å². The Morgan fingerprint density at radius 1 is 0.381 bits per heavy atom. The largest absolute Gasteiger partial charge is 0.355 e. The molecule has 0 atom stereocenters. The van der Waals surface area contributed by atoms with Crippen LogP contribution in [0, 0.1) is 0 Å². The average Bonchev–Trinajstić information content (AvgIpc) is 3.41. The lowest BCUT2D eigenvalue weighted by Crippen LogP contribution is -1.92. The Morgan fingerprint density at radius 3 is 1.71 bits per heavy atom. The molecule has 8 aromatic rings. The molecule has 2 heteroatoms. The van der Waals surface area contributed by atoms with Crippen molar-refractivity contribution in [2.24, 2.45) is 0 Å². The predicted molar refractivity (Wildman–Crippen MR) is 183 cm³/mol. The van der Waals surface area contributed by atoms with Crippen LogP contribution in [0.5, 0.6) is 0 Å². The fourth-order valence-electron chi connectivity index (χ4n) is 5.90. The van der Waals surface area contributed by atoms with E-state index in [1.165, 1.54) is 64.3 Å². The molecule has 0 unspecified atom stereocenters. The van der Waals surface area contributed by atoms with Gasteiger partial charge in [0.1, 0.15) is 0 Å². The number of benzene rings is 7. The highest BCUT2D eigenvalue weighted by molar-refractivity contribution is 7.26. The Bertz CT molecular complexity index is 2190. The minimum Gasteiger partial charge on any atom is -0.355 e. The minimum atomic E-state index is 1.08. The summed E-state index contributed by atoms with van der Waals surface area (Å²) in [7, 11) is 0. The van der Waals surface area contributed by atoms with Gasteiger partial charge in [-0.05, 0) is 75.0 Å². The standard InChI is InChI=1S/C40H27NS/c1-3-10-27(11-4-1)29-18-20-30(21-19-29)36-25-35(41-34-17-9-16-31(22-34)28-12-5-2-6-13-28)26-38-37-23-32-14-7-8-15-33(32)24-39(37)42-40(36)38/h1-26,41H. The Balaban J connectivity index is 1.28. The van der Waals surface area contributed by atoms with Gasteiger partial charge in [0.2, 0.25) is 0 Å². The number of fused-ring (bicyclic) bond motifs is 4. The highest BCUT2D eigenvalue weighted by Gasteiger charge is 2.14. The van der Waals surface area contributed by atoms with Crippen LogP contribution in [0.2, 0.25) is 0 Å². The second kappa shape index (κ2) is 10.3. The number of hydrogen-bond acceptors (Lipinski definition) is 2. The first kappa shape index (κ1) is 24.6. The van der Waals surface area contributed by atoms with E-state index in [4.69, 9.17) is 0 Å². The summed E-state index contributed by atoms with van der Waals surface area (Å²) in [6.45, 7) is 0. The van der Waals surface area contributed by atoms with Crippen LogP contribution in [-0.4, -0.2) is 0 Å². The first-order chi connectivity index (χ1) is 20.8. The van der Waals surface area contributed by atoms with Crippen LogP contribution in [0.4, 0.5) is 11.4 Å². The Hall–Kier alpha value is -5.18. The molecule has 0 aliphatic rings. The maximum Gasteiger partial charge on any atom is 0.0435 e. The second-order valence-corrected chi connectivity index (χ2v) is 11.8. The highest BCUT2D eigenvalue weighted by Crippen LogP contribution is 2.44. The summed E-state index contributed by atoms with van der Waals surface area (Å²) in [5.74, 6) is 0. The van der Waals surface area contributed by atoms with Crippen LogP contribution in [0.15, 0.2) is 158 Å². The van der Waals surface area contributed by atoms with E-state index in [0.717, 1.165) is 11.4 Å². The van der Waals surface area contributed by atoms with Crippen molar-refractivity contribution in [3.63, 3.8) is 0 Å². The van der Waals surface area contributed by atoms with Gasteiger partial charge >= 0.3 is 0 Å². The summed E-state index contributed by atoms with van der Waals surface area (Å²) in [4.78, 5) is 0. The molecule has 0 bridgehead atoms. The molecule has 0 fully saturated rings. The van der Waals surface area contributed by atoms with Crippen LogP contribution >= 0.6 is 11.3 Å². The molecule has 7 aromatic carbocycles. The van der Waals surface area contributed by atoms with Gasteiger partial charge in [-0.25, -0.2) is 0 Å². The second-order valence-electron chi connectivity index (χ2n) is 10.7. The van der Waals surface area contributed by atoms with Gasteiger partial charge in [-0.1, -0.05) is 121 Å². The molecular formula is C40H27NS.